The highest BCUT2D eigenvalue weighted by Crippen LogP contribution is 2.15. The molecule has 0 aliphatic rings. The topological polar surface area (TPSA) is 42.0 Å². The lowest BCUT2D eigenvalue weighted by Gasteiger charge is -2.00. The molecule has 1 rings (SSSR count). The number of nitrogens with one attached hydrogen (secondary N) is 1. The maximum atomic E-state index is 11.1. The van der Waals surface area contributed by atoms with E-state index in [2.05, 4.69) is 10.3 Å². The van der Waals surface area contributed by atoms with Crippen molar-refractivity contribution in [2.75, 3.05) is 7.05 Å². The van der Waals surface area contributed by atoms with Gasteiger partial charge in [-0.3, -0.25) is 4.79 Å². The van der Waals surface area contributed by atoms with Gasteiger partial charge >= 0.3 is 0 Å². The van der Waals surface area contributed by atoms with E-state index in [1.54, 1.807) is 0 Å². The molecular formula is C7H6Cl2N2O. The van der Waals surface area contributed by atoms with Gasteiger partial charge in [-0.25, -0.2) is 4.98 Å². The molecule has 0 aromatic carbocycles. The molecule has 1 aromatic heterocycles. The Balaban J connectivity index is 3.09. The van der Waals surface area contributed by atoms with E-state index in [1.165, 1.54) is 19.2 Å². The third-order valence-electron chi connectivity index (χ3n) is 1.29. The number of hydrogen-bond donors (Lipinski definition) is 1. The Morgan fingerprint density at radius 2 is 2.17 bits per heavy atom. The van der Waals surface area contributed by atoms with Crippen LogP contribution in [0.2, 0.25) is 10.3 Å². The molecule has 1 heterocycles. The van der Waals surface area contributed by atoms with Gasteiger partial charge in [-0.05, 0) is 12.1 Å². The standard InChI is InChI=1S/C7H6Cl2N2O/c1-10-7(12)4-2-3-5(8)11-6(4)9/h2-3H,1H3,(H,10,12). The predicted octanol–water partition coefficient (Wildman–Crippen LogP) is 1.75. The van der Waals surface area contributed by atoms with E-state index in [-0.39, 0.29) is 16.2 Å². The summed E-state index contributed by atoms with van der Waals surface area (Å²) in [7, 11) is 1.52. The van der Waals surface area contributed by atoms with E-state index < -0.39 is 0 Å². The average Bonchev–Trinajstić information content (AvgIpc) is 2.03. The molecule has 0 radical (unpaired) electrons. The second-order valence-corrected chi connectivity index (χ2v) is 2.80. The second-order valence-electron chi connectivity index (χ2n) is 2.05. The first kappa shape index (κ1) is 9.29. The van der Waals surface area contributed by atoms with E-state index in [0.717, 1.165) is 0 Å². The minimum atomic E-state index is -0.274. The first-order valence-electron chi connectivity index (χ1n) is 3.19. The number of halogens is 2. The van der Waals surface area contributed by atoms with Gasteiger partial charge in [0.15, 0.2) is 0 Å². The first-order valence-corrected chi connectivity index (χ1v) is 3.95. The Kier molecular flexibility index (Phi) is 2.89. The van der Waals surface area contributed by atoms with Crippen molar-refractivity contribution in [1.29, 1.82) is 0 Å². The van der Waals surface area contributed by atoms with Crippen LogP contribution in [0.15, 0.2) is 12.1 Å². The number of carbonyl (C=O) groups is 1. The molecular weight excluding hydrogens is 199 g/mol. The van der Waals surface area contributed by atoms with Gasteiger partial charge in [0.05, 0.1) is 5.56 Å². The van der Waals surface area contributed by atoms with Crippen molar-refractivity contribution in [3.05, 3.63) is 28.0 Å². The summed E-state index contributed by atoms with van der Waals surface area (Å²) in [4.78, 5) is 14.8. The van der Waals surface area contributed by atoms with Crippen LogP contribution >= 0.6 is 23.2 Å². The van der Waals surface area contributed by atoms with E-state index >= 15 is 0 Å². The van der Waals surface area contributed by atoms with Gasteiger partial charge < -0.3 is 5.32 Å². The summed E-state index contributed by atoms with van der Waals surface area (Å²) in [6.07, 6.45) is 0. The van der Waals surface area contributed by atoms with Gasteiger partial charge in [0.1, 0.15) is 10.3 Å². The summed E-state index contributed by atoms with van der Waals surface area (Å²) < 4.78 is 0. The maximum absolute atomic E-state index is 11.1. The number of nitrogens with zero attached hydrogens (tertiary/aromatic N) is 1. The first-order chi connectivity index (χ1) is 5.65. The fourth-order valence-corrected chi connectivity index (χ4v) is 1.15. The van der Waals surface area contributed by atoms with Gasteiger partial charge in [-0.2, -0.15) is 0 Å². The molecule has 0 fully saturated rings. The molecule has 0 saturated heterocycles. The number of hydrogen-bond acceptors (Lipinski definition) is 2. The number of pyridine rings is 1. The van der Waals surface area contributed by atoms with Crippen molar-refractivity contribution in [3.8, 4) is 0 Å². The molecule has 64 valence electrons. The van der Waals surface area contributed by atoms with E-state index in [9.17, 15) is 4.79 Å². The highest BCUT2D eigenvalue weighted by molar-refractivity contribution is 6.34. The number of carbonyl (C=O) groups excluding carboxylic acids is 1. The van der Waals surface area contributed by atoms with Crippen molar-refractivity contribution < 1.29 is 4.79 Å². The minimum absolute atomic E-state index is 0.113. The molecule has 0 atom stereocenters. The Hall–Kier alpha value is -0.800. The van der Waals surface area contributed by atoms with E-state index in [1.807, 2.05) is 0 Å². The normalized spacial score (nSPS) is 9.58. The smallest absolute Gasteiger partial charge is 0.254 e. The molecule has 1 amide bonds. The van der Waals surface area contributed by atoms with E-state index in [0.29, 0.717) is 5.56 Å². The predicted molar refractivity (Wildman–Crippen MR) is 47.6 cm³/mol. The summed E-state index contributed by atoms with van der Waals surface area (Å²) in [6.45, 7) is 0. The lowest BCUT2D eigenvalue weighted by molar-refractivity contribution is 0.0963. The Labute approximate surface area is 79.7 Å². The molecule has 0 aliphatic heterocycles. The van der Waals surface area contributed by atoms with Crippen LogP contribution in [0.4, 0.5) is 0 Å². The summed E-state index contributed by atoms with van der Waals surface area (Å²) in [5, 5.41) is 2.82. The number of aromatic nitrogens is 1. The Morgan fingerprint density at radius 3 is 2.67 bits per heavy atom. The van der Waals surface area contributed by atoms with Crippen molar-refractivity contribution in [2.45, 2.75) is 0 Å². The largest absolute Gasteiger partial charge is 0.355 e. The SMILES string of the molecule is CNC(=O)c1ccc(Cl)nc1Cl. The van der Waals surface area contributed by atoms with E-state index in [4.69, 9.17) is 23.2 Å². The van der Waals surface area contributed by atoms with Gasteiger partial charge in [-0.1, -0.05) is 23.2 Å². The molecule has 1 aromatic rings. The molecule has 0 unspecified atom stereocenters. The van der Waals surface area contributed by atoms with Crippen LogP contribution in [0.1, 0.15) is 10.4 Å². The van der Waals surface area contributed by atoms with Crippen LogP contribution in [-0.2, 0) is 0 Å². The molecule has 0 spiro atoms. The highest BCUT2D eigenvalue weighted by atomic mass is 35.5. The summed E-state index contributed by atoms with van der Waals surface area (Å²) in [5.41, 5.74) is 0.323. The third kappa shape index (κ3) is 1.87. The lowest BCUT2D eigenvalue weighted by Crippen LogP contribution is -2.18. The Morgan fingerprint density at radius 1 is 1.50 bits per heavy atom. The van der Waals surface area contributed by atoms with Crippen molar-refractivity contribution in [2.24, 2.45) is 0 Å². The summed E-state index contributed by atoms with van der Waals surface area (Å²) >= 11 is 11.2. The minimum Gasteiger partial charge on any atom is -0.355 e. The number of amides is 1. The Bertz CT molecular complexity index is 314. The quantitative estimate of drug-likeness (QED) is 0.709. The molecule has 0 aliphatic carbocycles. The lowest BCUT2D eigenvalue weighted by atomic mass is 10.3. The number of rotatable bonds is 1. The van der Waals surface area contributed by atoms with Crippen LogP contribution in [0.3, 0.4) is 0 Å². The van der Waals surface area contributed by atoms with Crippen LogP contribution < -0.4 is 5.32 Å². The fourth-order valence-electron chi connectivity index (χ4n) is 0.716. The average molecular weight is 205 g/mol. The molecule has 0 bridgehead atoms. The second kappa shape index (κ2) is 3.74. The maximum Gasteiger partial charge on any atom is 0.254 e. The van der Waals surface area contributed by atoms with Crippen LogP contribution in [0, 0.1) is 0 Å². The monoisotopic (exact) mass is 204 g/mol. The van der Waals surface area contributed by atoms with Gasteiger partial charge in [0, 0.05) is 7.05 Å². The van der Waals surface area contributed by atoms with Gasteiger partial charge in [-0.15, -0.1) is 0 Å². The summed E-state index contributed by atoms with van der Waals surface area (Å²) in [5.74, 6) is -0.274. The van der Waals surface area contributed by atoms with Crippen LogP contribution in [0.5, 0.6) is 0 Å². The fraction of sp³-hybridized carbons (Fsp3) is 0.143. The summed E-state index contributed by atoms with van der Waals surface area (Å²) in [6, 6.07) is 3.04. The molecule has 3 nitrogen and oxygen atoms in total. The van der Waals surface area contributed by atoms with Crippen molar-refractivity contribution in [1.82, 2.24) is 10.3 Å². The zero-order valence-corrected chi connectivity index (χ0v) is 7.78. The zero-order chi connectivity index (χ0) is 9.14. The van der Waals surface area contributed by atoms with Crippen LogP contribution in [-0.4, -0.2) is 17.9 Å². The van der Waals surface area contributed by atoms with Gasteiger partial charge in [0.2, 0.25) is 0 Å². The third-order valence-corrected chi connectivity index (χ3v) is 1.79. The molecule has 1 N–H and O–H groups in total. The molecule has 5 heteroatoms. The highest BCUT2D eigenvalue weighted by Gasteiger charge is 2.09. The van der Waals surface area contributed by atoms with Crippen molar-refractivity contribution in [3.63, 3.8) is 0 Å². The van der Waals surface area contributed by atoms with Gasteiger partial charge in [0.25, 0.3) is 5.91 Å². The molecule has 12 heavy (non-hydrogen) atoms. The zero-order valence-electron chi connectivity index (χ0n) is 6.27. The van der Waals surface area contributed by atoms with Crippen LogP contribution in [0.25, 0.3) is 0 Å². The van der Waals surface area contributed by atoms with Crippen molar-refractivity contribution >= 4 is 29.1 Å². The molecule has 0 saturated carbocycles.